The van der Waals surface area contributed by atoms with Crippen molar-refractivity contribution in [3.63, 3.8) is 0 Å². The smallest absolute Gasteiger partial charge is 0.337 e. The lowest BCUT2D eigenvalue weighted by atomic mass is 9.99. The second-order valence-corrected chi connectivity index (χ2v) is 5.29. The Morgan fingerprint density at radius 1 is 0.895 bits per heavy atom. The molecule has 0 saturated heterocycles. The number of hydrogen-bond donors (Lipinski definition) is 1. The molecule has 6 heteroatoms. The van der Waals surface area contributed by atoms with Gasteiger partial charge in [0.15, 0.2) is 0 Å². The van der Waals surface area contributed by atoms with Gasteiger partial charge < -0.3 is 5.11 Å². The molecule has 2 rings (SSSR count). The highest BCUT2D eigenvalue weighted by molar-refractivity contribution is 6.46. The van der Waals surface area contributed by atoms with Gasteiger partial charge in [0.05, 0.1) is 25.7 Å². The Morgan fingerprint density at radius 2 is 1.53 bits per heavy atom. The molecule has 0 aromatic heterocycles. The predicted octanol–water partition coefficient (Wildman–Crippen LogP) is 5.67. The lowest BCUT2D eigenvalue weighted by molar-refractivity contribution is 0.0698. The Hall–Kier alpha value is -0.930. The maximum atomic E-state index is 11.3. The molecule has 0 amide bonds. The average Bonchev–Trinajstić information content (AvgIpc) is 2.34. The maximum Gasteiger partial charge on any atom is 0.337 e. The number of aromatic carboxylic acids is 1. The SMILES string of the molecule is O=C(O)c1c(Cl)cccc1-c1c(Cl)ccc(Cl)c1Cl. The molecule has 98 valence electrons. The fourth-order valence-electron chi connectivity index (χ4n) is 1.72. The summed E-state index contributed by atoms with van der Waals surface area (Å²) in [5.74, 6) is -1.16. The number of benzene rings is 2. The second-order valence-electron chi connectivity index (χ2n) is 3.69. The molecule has 0 aliphatic carbocycles. The van der Waals surface area contributed by atoms with Gasteiger partial charge in [-0.3, -0.25) is 0 Å². The fourth-order valence-corrected chi connectivity index (χ4v) is 2.71. The minimum atomic E-state index is -1.16. The Morgan fingerprint density at radius 3 is 2.16 bits per heavy atom. The quantitative estimate of drug-likeness (QED) is 0.718. The van der Waals surface area contributed by atoms with Gasteiger partial charge in [-0.2, -0.15) is 0 Å². The summed E-state index contributed by atoms with van der Waals surface area (Å²) in [5.41, 5.74) is 0.628. The molecule has 0 atom stereocenters. The highest BCUT2D eigenvalue weighted by Gasteiger charge is 2.20. The highest BCUT2D eigenvalue weighted by Crippen LogP contribution is 2.41. The van der Waals surface area contributed by atoms with E-state index in [0.29, 0.717) is 16.1 Å². The van der Waals surface area contributed by atoms with E-state index in [1.54, 1.807) is 24.3 Å². The number of hydrogen-bond acceptors (Lipinski definition) is 1. The zero-order valence-corrected chi connectivity index (χ0v) is 12.3. The van der Waals surface area contributed by atoms with E-state index in [9.17, 15) is 9.90 Å². The van der Waals surface area contributed by atoms with Crippen molar-refractivity contribution < 1.29 is 9.90 Å². The molecular formula is C13H6Cl4O2. The lowest BCUT2D eigenvalue weighted by Crippen LogP contribution is -2.01. The molecule has 0 aliphatic heterocycles. The van der Waals surface area contributed by atoms with E-state index in [1.165, 1.54) is 6.07 Å². The number of rotatable bonds is 2. The molecule has 1 N–H and O–H groups in total. The van der Waals surface area contributed by atoms with Gasteiger partial charge in [-0.1, -0.05) is 58.5 Å². The minimum Gasteiger partial charge on any atom is -0.478 e. The average molecular weight is 336 g/mol. The van der Waals surface area contributed by atoms with Gasteiger partial charge in [0, 0.05) is 11.1 Å². The number of carboxylic acid groups (broad SMARTS) is 1. The summed E-state index contributed by atoms with van der Waals surface area (Å²) in [5, 5.41) is 10.2. The molecule has 0 aliphatic rings. The minimum absolute atomic E-state index is 0.0600. The molecule has 0 unspecified atom stereocenters. The number of halogens is 4. The molecule has 2 aromatic carbocycles. The largest absolute Gasteiger partial charge is 0.478 e. The number of carboxylic acids is 1. The van der Waals surface area contributed by atoms with Crippen LogP contribution in [0.15, 0.2) is 30.3 Å². The van der Waals surface area contributed by atoms with Crippen molar-refractivity contribution in [2.75, 3.05) is 0 Å². The third-order valence-corrected chi connectivity index (χ3v) is 3.98. The first-order chi connectivity index (χ1) is 8.93. The van der Waals surface area contributed by atoms with E-state index in [1.807, 2.05) is 0 Å². The van der Waals surface area contributed by atoms with Crippen molar-refractivity contribution in [2.24, 2.45) is 0 Å². The van der Waals surface area contributed by atoms with Gasteiger partial charge in [-0.05, 0) is 18.2 Å². The lowest BCUT2D eigenvalue weighted by Gasteiger charge is -2.12. The van der Waals surface area contributed by atoms with E-state index in [-0.39, 0.29) is 20.6 Å². The van der Waals surface area contributed by atoms with Crippen LogP contribution in [0.1, 0.15) is 10.4 Å². The monoisotopic (exact) mass is 334 g/mol. The zero-order valence-electron chi connectivity index (χ0n) is 9.25. The normalized spacial score (nSPS) is 10.5. The van der Waals surface area contributed by atoms with E-state index in [4.69, 9.17) is 46.4 Å². The Bertz CT molecular complexity index is 668. The summed E-state index contributed by atoms with van der Waals surface area (Å²) >= 11 is 24.1. The summed E-state index contributed by atoms with van der Waals surface area (Å²) in [6.45, 7) is 0. The number of carbonyl (C=O) groups is 1. The highest BCUT2D eigenvalue weighted by atomic mass is 35.5. The van der Waals surface area contributed by atoms with Crippen molar-refractivity contribution in [3.8, 4) is 11.1 Å². The first kappa shape index (κ1) is 14.5. The van der Waals surface area contributed by atoms with E-state index >= 15 is 0 Å². The maximum absolute atomic E-state index is 11.3. The van der Waals surface area contributed by atoms with Crippen molar-refractivity contribution in [2.45, 2.75) is 0 Å². The molecule has 19 heavy (non-hydrogen) atoms. The van der Waals surface area contributed by atoms with Gasteiger partial charge in [0.25, 0.3) is 0 Å². The van der Waals surface area contributed by atoms with Gasteiger partial charge in [0.2, 0.25) is 0 Å². The third kappa shape index (κ3) is 2.67. The van der Waals surface area contributed by atoms with Gasteiger partial charge in [-0.15, -0.1) is 0 Å². The first-order valence-electron chi connectivity index (χ1n) is 5.09. The standard InChI is InChI=1S/C13H6Cl4O2/c14-7-3-1-2-6(11(7)13(18)19)10-8(15)4-5-9(16)12(10)17/h1-5H,(H,18,19). The topological polar surface area (TPSA) is 37.3 Å². The van der Waals surface area contributed by atoms with Crippen LogP contribution in [0.3, 0.4) is 0 Å². The molecular weight excluding hydrogens is 330 g/mol. The van der Waals surface area contributed by atoms with Gasteiger partial charge in [-0.25, -0.2) is 4.79 Å². The Labute approximate surface area is 129 Å². The first-order valence-corrected chi connectivity index (χ1v) is 6.60. The van der Waals surface area contributed by atoms with Crippen LogP contribution in [0.2, 0.25) is 20.1 Å². The molecule has 0 heterocycles. The van der Waals surface area contributed by atoms with E-state index < -0.39 is 5.97 Å². The Balaban J connectivity index is 2.84. The predicted molar refractivity (Wildman–Crippen MR) is 78.9 cm³/mol. The van der Waals surface area contributed by atoms with Crippen molar-refractivity contribution >= 4 is 52.4 Å². The molecule has 0 saturated carbocycles. The summed E-state index contributed by atoms with van der Waals surface area (Å²) in [6.07, 6.45) is 0. The second kappa shape index (κ2) is 5.59. The van der Waals surface area contributed by atoms with Crippen LogP contribution in [-0.2, 0) is 0 Å². The van der Waals surface area contributed by atoms with Crippen LogP contribution >= 0.6 is 46.4 Å². The molecule has 0 fully saturated rings. The van der Waals surface area contributed by atoms with Crippen LogP contribution in [0, 0.1) is 0 Å². The van der Waals surface area contributed by atoms with Crippen LogP contribution in [0.25, 0.3) is 11.1 Å². The molecule has 0 radical (unpaired) electrons. The van der Waals surface area contributed by atoms with Crippen molar-refractivity contribution in [3.05, 3.63) is 56.0 Å². The Kier molecular flexibility index (Phi) is 4.26. The van der Waals surface area contributed by atoms with Crippen molar-refractivity contribution in [1.82, 2.24) is 0 Å². The summed E-state index contributed by atoms with van der Waals surface area (Å²) in [7, 11) is 0. The van der Waals surface area contributed by atoms with E-state index in [0.717, 1.165) is 0 Å². The van der Waals surface area contributed by atoms with Gasteiger partial charge in [0.1, 0.15) is 0 Å². The van der Waals surface area contributed by atoms with Crippen LogP contribution in [-0.4, -0.2) is 11.1 Å². The molecule has 2 nitrogen and oxygen atoms in total. The summed E-state index contributed by atoms with van der Waals surface area (Å²) < 4.78 is 0. The molecule has 2 aromatic rings. The fraction of sp³-hybridized carbons (Fsp3) is 0. The van der Waals surface area contributed by atoms with Gasteiger partial charge >= 0.3 is 5.97 Å². The van der Waals surface area contributed by atoms with Crippen LogP contribution < -0.4 is 0 Å². The van der Waals surface area contributed by atoms with Crippen molar-refractivity contribution in [1.29, 1.82) is 0 Å². The van der Waals surface area contributed by atoms with Crippen LogP contribution in [0.4, 0.5) is 0 Å². The third-order valence-electron chi connectivity index (χ3n) is 2.54. The zero-order chi connectivity index (χ0) is 14.2. The molecule has 0 bridgehead atoms. The summed E-state index contributed by atoms with van der Waals surface area (Å²) in [6, 6.07) is 7.79. The summed E-state index contributed by atoms with van der Waals surface area (Å²) in [4.78, 5) is 11.3. The van der Waals surface area contributed by atoms with E-state index in [2.05, 4.69) is 0 Å². The van der Waals surface area contributed by atoms with Crippen LogP contribution in [0.5, 0.6) is 0 Å². The molecule has 0 spiro atoms.